The van der Waals surface area contributed by atoms with Gasteiger partial charge in [0.15, 0.2) is 0 Å². The van der Waals surface area contributed by atoms with Gasteiger partial charge in [-0.25, -0.2) is 0 Å². The molecule has 0 radical (unpaired) electrons. The van der Waals surface area contributed by atoms with Gasteiger partial charge in [-0.05, 0) is 25.3 Å². The number of aromatic nitrogens is 2. The minimum atomic E-state index is 0.0532. The third-order valence-electron chi connectivity index (χ3n) is 3.87. The number of Topliss-reactive ketones (excluding diaryl/α,β-unsaturated/α-hetero) is 1. The fraction of sp³-hybridized carbons (Fsp3) is 0.714. The van der Waals surface area contributed by atoms with Gasteiger partial charge in [0.05, 0.1) is 6.20 Å². The van der Waals surface area contributed by atoms with Crippen molar-refractivity contribution in [3.05, 3.63) is 18.0 Å². The molecule has 2 unspecified atom stereocenters. The van der Waals surface area contributed by atoms with Crippen LogP contribution in [0.5, 0.6) is 0 Å². The maximum Gasteiger partial charge on any atom is 0.141 e. The van der Waals surface area contributed by atoms with Crippen LogP contribution in [0.15, 0.2) is 12.4 Å². The summed E-state index contributed by atoms with van der Waals surface area (Å²) in [6, 6.07) is 0.0567. The molecule has 1 heterocycles. The highest BCUT2D eigenvalue weighted by atomic mass is 16.1. The largest absolute Gasteiger partial charge is 0.327 e. The van der Waals surface area contributed by atoms with Crippen molar-refractivity contribution in [2.75, 3.05) is 0 Å². The fourth-order valence-corrected chi connectivity index (χ4v) is 2.74. The second-order valence-corrected chi connectivity index (χ2v) is 5.26. The molecule has 0 amide bonds. The molecule has 1 aliphatic rings. The van der Waals surface area contributed by atoms with Crippen molar-refractivity contribution in [3.8, 4) is 0 Å². The Morgan fingerprint density at radius 3 is 2.94 bits per heavy atom. The van der Waals surface area contributed by atoms with Gasteiger partial charge in [0, 0.05) is 31.1 Å². The summed E-state index contributed by atoms with van der Waals surface area (Å²) in [5.41, 5.74) is 7.14. The van der Waals surface area contributed by atoms with E-state index in [2.05, 4.69) is 5.10 Å². The lowest BCUT2D eigenvalue weighted by molar-refractivity contribution is -0.123. The van der Waals surface area contributed by atoms with E-state index in [1.54, 1.807) is 6.20 Å². The van der Waals surface area contributed by atoms with Crippen LogP contribution < -0.4 is 5.73 Å². The second kappa shape index (κ2) is 6.14. The van der Waals surface area contributed by atoms with Gasteiger partial charge >= 0.3 is 0 Å². The van der Waals surface area contributed by atoms with Gasteiger partial charge in [0.2, 0.25) is 0 Å². The normalized spacial score (nSPS) is 24.8. The van der Waals surface area contributed by atoms with Crippen LogP contribution >= 0.6 is 0 Å². The monoisotopic (exact) mass is 249 g/mol. The van der Waals surface area contributed by atoms with Gasteiger partial charge in [-0.3, -0.25) is 9.48 Å². The fourth-order valence-electron chi connectivity index (χ4n) is 2.74. The highest BCUT2D eigenvalue weighted by Crippen LogP contribution is 2.24. The van der Waals surface area contributed by atoms with Crippen molar-refractivity contribution < 1.29 is 4.79 Å². The molecule has 0 aromatic carbocycles. The Hall–Kier alpha value is -1.16. The first-order valence-electron chi connectivity index (χ1n) is 7.00. The molecule has 1 saturated carbocycles. The molecule has 18 heavy (non-hydrogen) atoms. The number of ketones is 1. The van der Waals surface area contributed by atoms with Gasteiger partial charge in [-0.1, -0.05) is 19.3 Å². The Bertz CT molecular complexity index is 399. The molecule has 0 bridgehead atoms. The number of nitrogens with two attached hydrogens (primary N) is 1. The summed E-state index contributed by atoms with van der Waals surface area (Å²) in [4.78, 5) is 12.3. The molecular formula is C14H23N3O. The third-order valence-corrected chi connectivity index (χ3v) is 3.87. The topological polar surface area (TPSA) is 60.9 Å². The SMILES string of the molecule is CCn1cc(CC(=O)C2CCCCCC2N)cn1. The van der Waals surface area contributed by atoms with Crippen LogP contribution in [0.1, 0.15) is 44.6 Å². The number of nitrogens with zero attached hydrogens (tertiary/aromatic N) is 2. The van der Waals surface area contributed by atoms with E-state index in [0.29, 0.717) is 12.2 Å². The van der Waals surface area contributed by atoms with E-state index in [1.165, 1.54) is 12.8 Å². The van der Waals surface area contributed by atoms with Crippen LogP contribution in [0.3, 0.4) is 0 Å². The average molecular weight is 249 g/mol. The summed E-state index contributed by atoms with van der Waals surface area (Å²) in [7, 11) is 0. The van der Waals surface area contributed by atoms with Crippen LogP contribution in [0, 0.1) is 5.92 Å². The maximum atomic E-state index is 12.3. The van der Waals surface area contributed by atoms with Crippen molar-refractivity contribution >= 4 is 5.78 Å². The molecule has 1 fully saturated rings. The maximum absolute atomic E-state index is 12.3. The number of aryl methyl sites for hydroxylation is 1. The first-order chi connectivity index (χ1) is 8.70. The van der Waals surface area contributed by atoms with Crippen molar-refractivity contribution in [2.24, 2.45) is 11.7 Å². The van der Waals surface area contributed by atoms with Crippen LogP contribution in [0.25, 0.3) is 0 Å². The molecule has 100 valence electrons. The first kappa shape index (κ1) is 13.3. The lowest BCUT2D eigenvalue weighted by Crippen LogP contribution is -2.35. The third kappa shape index (κ3) is 3.19. The Morgan fingerprint density at radius 1 is 1.44 bits per heavy atom. The average Bonchev–Trinajstić information content (AvgIpc) is 2.69. The minimum Gasteiger partial charge on any atom is -0.327 e. The van der Waals surface area contributed by atoms with Gasteiger partial charge in [-0.15, -0.1) is 0 Å². The van der Waals surface area contributed by atoms with Gasteiger partial charge in [0.25, 0.3) is 0 Å². The molecule has 4 nitrogen and oxygen atoms in total. The molecule has 4 heteroatoms. The predicted octanol–water partition coefficient (Wildman–Crippen LogP) is 1.92. The quantitative estimate of drug-likeness (QED) is 0.829. The van der Waals surface area contributed by atoms with E-state index in [-0.39, 0.29) is 12.0 Å². The zero-order valence-corrected chi connectivity index (χ0v) is 11.1. The van der Waals surface area contributed by atoms with E-state index >= 15 is 0 Å². The lowest BCUT2D eigenvalue weighted by atomic mass is 9.88. The van der Waals surface area contributed by atoms with Gasteiger partial charge in [0.1, 0.15) is 5.78 Å². The summed E-state index contributed by atoms with van der Waals surface area (Å²) in [5, 5.41) is 4.20. The second-order valence-electron chi connectivity index (χ2n) is 5.26. The van der Waals surface area contributed by atoms with Crippen LogP contribution in [0.2, 0.25) is 0 Å². The molecule has 2 N–H and O–H groups in total. The highest BCUT2D eigenvalue weighted by molar-refractivity contribution is 5.83. The van der Waals surface area contributed by atoms with Crippen molar-refractivity contribution in [2.45, 2.75) is 58.0 Å². The summed E-state index contributed by atoms with van der Waals surface area (Å²) in [6.45, 7) is 2.89. The number of hydrogen-bond donors (Lipinski definition) is 1. The summed E-state index contributed by atoms with van der Waals surface area (Å²) >= 11 is 0. The van der Waals surface area contributed by atoms with E-state index in [9.17, 15) is 4.79 Å². The van der Waals surface area contributed by atoms with Crippen LogP contribution in [-0.4, -0.2) is 21.6 Å². The van der Waals surface area contributed by atoms with E-state index in [4.69, 9.17) is 5.73 Å². The highest BCUT2D eigenvalue weighted by Gasteiger charge is 2.26. The molecule has 1 aliphatic carbocycles. The van der Waals surface area contributed by atoms with E-state index in [0.717, 1.165) is 31.4 Å². The number of carbonyl (C=O) groups is 1. The van der Waals surface area contributed by atoms with Crippen molar-refractivity contribution in [1.82, 2.24) is 9.78 Å². The number of carbonyl (C=O) groups excluding carboxylic acids is 1. The molecule has 1 aromatic rings. The molecule has 0 spiro atoms. The Balaban J connectivity index is 1.97. The smallest absolute Gasteiger partial charge is 0.141 e. The van der Waals surface area contributed by atoms with Gasteiger partial charge in [-0.2, -0.15) is 5.10 Å². The van der Waals surface area contributed by atoms with Crippen LogP contribution in [-0.2, 0) is 17.8 Å². The van der Waals surface area contributed by atoms with E-state index < -0.39 is 0 Å². The molecular weight excluding hydrogens is 226 g/mol. The Kier molecular flexibility index (Phi) is 4.53. The zero-order valence-electron chi connectivity index (χ0n) is 11.1. The lowest BCUT2D eigenvalue weighted by Gasteiger charge is -2.19. The molecule has 0 aliphatic heterocycles. The molecule has 2 rings (SSSR count). The predicted molar refractivity (Wildman–Crippen MR) is 71.2 cm³/mol. The molecule has 1 aromatic heterocycles. The summed E-state index contributed by atoms with van der Waals surface area (Å²) < 4.78 is 1.86. The standard InChI is InChI=1S/C14H23N3O/c1-2-17-10-11(9-16-17)8-14(18)12-6-4-3-5-7-13(12)15/h9-10,12-13H,2-8,15H2,1H3. The van der Waals surface area contributed by atoms with E-state index in [1.807, 2.05) is 17.8 Å². The molecule has 2 atom stereocenters. The van der Waals surface area contributed by atoms with Crippen LogP contribution in [0.4, 0.5) is 0 Å². The Morgan fingerprint density at radius 2 is 2.22 bits per heavy atom. The first-order valence-corrected chi connectivity index (χ1v) is 7.00. The summed E-state index contributed by atoms with van der Waals surface area (Å²) in [6.07, 6.45) is 9.71. The zero-order chi connectivity index (χ0) is 13.0. The number of hydrogen-bond acceptors (Lipinski definition) is 3. The summed E-state index contributed by atoms with van der Waals surface area (Å²) in [5.74, 6) is 0.345. The minimum absolute atomic E-state index is 0.0532. The van der Waals surface area contributed by atoms with Crippen molar-refractivity contribution in [1.29, 1.82) is 0 Å². The molecule has 0 saturated heterocycles. The van der Waals surface area contributed by atoms with Crippen molar-refractivity contribution in [3.63, 3.8) is 0 Å². The number of rotatable bonds is 4. The Labute approximate surface area is 109 Å². The van der Waals surface area contributed by atoms with Gasteiger partial charge < -0.3 is 5.73 Å².